The predicted octanol–water partition coefficient (Wildman–Crippen LogP) is 2.58. The van der Waals surface area contributed by atoms with Crippen molar-refractivity contribution in [2.24, 2.45) is 0 Å². The van der Waals surface area contributed by atoms with Gasteiger partial charge >= 0.3 is 0 Å². The maximum absolute atomic E-state index is 4.15. The summed E-state index contributed by atoms with van der Waals surface area (Å²) < 4.78 is 0. The molecule has 76 valence electrons. The second-order valence-corrected chi connectivity index (χ2v) is 4.83. The van der Waals surface area contributed by atoms with E-state index in [2.05, 4.69) is 39.4 Å². The number of hydrogen-bond acceptors (Lipinski definition) is 3. The summed E-state index contributed by atoms with van der Waals surface area (Å²) in [5.74, 6) is 0. The van der Waals surface area contributed by atoms with Crippen LogP contribution in [-0.2, 0) is 6.42 Å². The molecule has 0 radical (unpaired) electrons. The fraction of sp³-hybridized carbons (Fsp3) is 0.273. The van der Waals surface area contributed by atoms with Gasteiger partial charge < -0.3 is 0 Å². The van der Waals surface area contributed by atoms with E-state index < -0.39 is 0 Å². The molecule has 1 aromatic heterocycles. The van der Waals surface area contributed by atoms with Crippen molar-refractivity contribution < 1.29 is 0 Å². The maximum Gasteiger partial charge on any atom is 0.183 e. The summed E-state index contributed by atoms with van der Waals surface area (Å²) in [6, 6.07) is 8.66. The Morgan fingerprint density at radius 2 is 2.27 bits per heavy atom. The van der Waals surface area contributed by atoms with Gasteiger partial charge in [0.15, 0.2) is 5.16 Å². The minimum atomic E-state index is 0.536. The Hall–Kier alpha value is -1.29. The average molecular weight is 217 g/mol. The number of hydrogen-bond donors (Lipinski definition) is 1. The van der Waals surface area contributed by atoms with Gasteiger partial charge in [-0.2, -0.15) is 5.10 Å². The van der Waals surface area contributed by atoms with Crippen LogP contribution in [0, 0.1) is 0 Å². The number of aromatic amines is 1. The molecule has 0 bridgehead atoms. The lowest BCUT2D eigenvalue weighted by atomic mass is 10.1. The van der Waals surface area contributed by atoms with Gasteiger partial charge in [0, 0.05) is 5.25 Å². The van der Waals surface area contributed by atoms with E-state index in [1.807, 2.05) is 0 Å². The van der Waals surface area contributed by atoms with Gasteiger partial charge in [0.1, 0.15) is 6.33 Å². The third kappa shape index (κ3) is 1.65. The maximum atomic E-state index is 4.15. The van der Waals surface area contributed by atoms with E-state index in [0.29, 0.717) is 5.25 Å². The number of H-pyrrole nitrogens is 1. The smallest absolute Gasteiger partial charge is 0.183 e. The van der Waals surface area contributed by atoms with Crippen LogP contribution in [0.3, 0.4) is 0 Å². The molecular formula is C11H11N3S. The Morgan fingerprint density at radius 3 is 3.13 bits per heavy atom. The minimum Gasteiger partial charge on any atom is -0.254 e. The Morgan fingerprint density at radius 1 is 1.33 bits per heavy atom. The molecule has 1 aliphatic rings. The SMILES string of the molecule is c1ccc2c(c1)CCC2Sc1ncn[nH]1. The van der Waals surface area contributed by atoms with Crippen LogP contribution in [0.4, 0.5) is 0 Å². The third-order valence-corrected chi connectivity index (χ3v) is 3.92. The van der Waals surface area contributed by atoms with Crippen LogP contribution in [0.25, 0.3) is 0 Å². The summed E-state index contributed by atoms with van der Waals surface area (Å²) in [5, 5.41) is 8.21. The third-order valence-electron chi connectivity index (χ3n) is 2.72. The van der Waals surface area contributed by atoms with Gasteiger partial charge in [0.2, 0.25) is 0 Å². The number of rotatable bonds is 2. The van der Waals surface area contributed by atoms with Gasteiger partial charge in [-0.1, -0.05) is 36.0 Å². The normalized spacial score (nSPS) is 19.1. The summed E-state index contributed by atoms with van der Waals surface area (Å²) in [6.07, 6.45) is 3.94. The lowest BCUT2D eigenvalue weighted by Crippen LogP contribution is -1.88. The second-order valence-electron chi connectivity index (χ2n) is 3.63. The molecule has 2 aromatic rings. The Labute approximate surface area is 92.3 Å². The Kier molecular flexibility index (Phi) is 2.21. The van der Waals surface area contributed by atoms with E-state index >= 15 is 0 Å². The summed E-state index contributed by atoms with van der Waals surface area (Å²) in [7, 11) is 0. The van der Waals surface area contributed by atoms with Crippen LogP contribution >= 0.6 is 11.8 Å². The molecule has 0 amide bonds. The Balaban J connectivity index is 1.85. The van der Waals surface area contributed by atoms with Gasteiger partial charge in [-0.05, 0) is 24.0 Å². The highest BCUT2D eigenvalue weighted by molar-refractivity contribution is 7.99. The molecule has 0 saturated carbocycles. The molecule has 3 rings (SSSR count). The van der Waals surface area contributed by atoms with Crippen molar-refractivity contribution in [2.75, 3.05) is 0 Å². The summed E-state index contributed by atoms with van der Waals surface area (Å²) in [6.45, 7) is 0. The molecule has 0 saturated heterocycles. The minimum absolute atomic E-state index is 0.536. The van der Waals surface area contributed by atoms with Gasteiger partial charge in [-0.3, -0.25) is 5.10 Å². The quantitative estimate of drug-likeness (QED) is 0.840. The van der Waals surface area contributed by atoms with Crippen LogP contribution in [0.2, 0.25) is 0 Å². The van der Waals surface area contributed by atoms with E-state index in [1.54, 1.807) is 18.1 Å². The molecule has 1 N–H and O–H groups in total. The molecule has 0 aliphatic heterocycles. The monoisotopic (exact) mass is 217 g/mol. The first-order chi connectivity index (χ1) is 7.43. The molecule has 1 aromatic carbocycles. The summed E-state index contributed by atoms with van der Waals surface area (Å²) in [4.78, 5) is 4.15. The number of aromatic nitrogens is 3. The molecule has 0 fully saturated rings. The van der Waals surface area contributed by atoms with Gasteiger partial charge in [-0.25, -0.2) is 4.98 Å². The van der Waals surface area contributed by atoms with E-state index in [0.717, 1.165) is 5.16 Å². The molecule has 1 aliphatic carbocycles. The van der Waals surface area contributed by atoms with Crippen LogP contribution in [-0.4, -0.2) is 15.2 Å². The number of nitrogens with zero attached hydrogens (tertiary/aromatic N) is 2. The first kappa shape index (κ1) is 8.97. The zero-order valence-electron chi connectivity index (χ0n) is 8.18. The van der Waals surface area contributed by atoms with E-state index in [4.69, 9.17) is 0 Å². The van der Waals surface area contributed by atoms with Crippen molar-refractivity contribution in [3.8, 4) is 0 Å². The summed E-state index contributed by atoms with van der Waals surface area (Å²) >= 11 is 1.77. The van der Waals surface area contributed by atoms with Crippen molar-refractivity contribution >= 4 is 11.8 Å². The van der Waals surface area contributed by atoms with Crippen molar-refractivity contribution in [1.29, 1.82) is 0 Å². The highest BCUT2D eigenvalue weighted by Gasteiger charge is 2.23. The lowest BCUT2D eigenvalue weighted by molar-refractivity contribution is 0.877. The molecular weight excluding hydrogens is 206 g/mol. The highest BCUT2D eigenvalue weighted by Crippen LogP contribution is 2.43. The van der Waals surface area contributed by atoms with E-state index in [1.165, 1.54) is 24.0 Å². The van der Waals surface area contributed by atoms with E-state index in [9.17, 15) is 0 Å². The zero-order valence-corrected chi connectivity index (χ0v) is 9.00. The van der Waals surface area contributed by atoms with Gasteiger partial charge in [0.25, 0.3) is 0 Å². The molecule has 1 atom stereocenters. The topological polar surface area (TPSA) is 41.6 Å². The van der Waals surface area contributed by atoms with Crippen LogP contribution in [0.15, 0.2) is 35.7 Å². The highest BCUT2D eigenvalue weighted by atomic mass is 32.2. The first-order valence-corrected chi connectivity index (χ1v) is 5.91. The number of benzene rings is 1. The van der Waals surface area contributed by atoms with Gasteiger partial charge in [0.05, 0.1) is 0 Å². The number of nitrogens with one attached hydrogen (secondary N) is 1. The second kappa shape index (κ2) is 3.70. The predicted molar refractivity (Wildman–Crippen MR) is 59.7 cm³/mol. The first-order valence-electron chi connectivity index (χ1n) is 5.03. The Bertz CT molecular complexity index is 453. The zero-order chi connectivity index (χ0) is 10.1. The lowest BCUT2D eigenvalue weighted by Gasteiger charge is -2.07. The fourth-order valence-electron chi connectivity index (χ4n) is 2.03. The van der Waals surface area contributed by atoms with Crippen LogP contribution in [0.1, 0.15) is 22.8 Å². The molecule has 1 heterocycles. The van der Waals surface area contributed by atoms with Crippen LogP contribution in [0.5, 0.6) is 0 Å². The molecule has 3 nitrogen and oxygen atoms in total. The molecule has 4 heteroatoms. The molecule has 0 spiro atoms. The van der Waals surface area contributed by atoms with Crippen molar-refractivity contribution in [1.82, 2.24) is 15.2 Å². The van der Waals surface area contributed by atoms with Crippen molar-refractivity contribution in [3.05, 3.63) is 41.7 Å². The fourth-order valence-corrected chi connectivity index (χ4v) is 3.10. The average Bonchev–Trinajstić information content (AvgIpc) is 2.89. The largest absolute Gasteiger partial charge is 0.254 e. The van der Waals surface area contributed by atoms with Crippen molar-refractivity contribution in [2.45, 2.75) is 23.2 Å². The molecule has 1 unspecified atom stereocenters. The molecule has 15 heavy (non-hydrogen) atoms. The standard InChI is InChI=1S/C11H11N3S/c1-2-4-9-8(3-1)5-6-10(9)15-11-12-7-13-14-11/h1-4,7,10H,5-6H2,(H,12,13,14). The number of fused-ring (bicyclic) bond motifs is 1. The van der Waals surface area contributed by atoms with Crippen molar-refractivity contribution in [3.63, 3.8) is 0 Å². The number of aryl methyl sites for hydroxylation is 1. The summed E-state index contributed by atoms with van der Waals surface area (Å²) in [5.41, 5.74) is 2.94. The number of thioether (sulfide) groups is 1. The van der Waals surface area contributed by atoms with Crippen LogP contribution < -0.4 is 0 Å². The van der Waals surface area contributed by atoms with Gasteiger partial charge in [-0.15, -0.1) is 0 Å². The van der Waals surface area contributed by atoms with E-state index in [-0.39, 0.29) is 0 Å².